The normalized spacial score (nSPS) is 12.0. The lowest BCUT2D eigenvalue weighted by Crippen LogP contribution is -2.37. The van der Waals surface area contributed by atoms with Crippen molar-refractivity contribution in [3.63, 3.8) is 0 Å². The zero-order valence-electron chi connectivity index (χ0n) is 17.9. The number of nitrogens with zero attached hydrogens (tertiary/aromatic N) is 4. The van der Waals surface area contributed by atoms with E-state index in [9.17, 15) is 13.2 Å². The maximum Gasteiger partial charge on any atom is 0.422 e. The van der Waals surface area contributed by atoms with Crippen LogP contribution in [0.25, 0.3) is 0 Å². The molecule has 0 saturated heterocycles. The molecule has 0 amide bonds. The molecule has 1 heterocycles. The Kier molecular flexibility index (Phi) is 7.69. The van der Waals surface area contributed by atoms with E-state index < -0.39 is 12.8 Å². The molecule has 2 N–H and O–H groups in total. The van der Waals surface area contributed by atoms with E-state index in [0.29, 0.717) is 25.6 Å². The van der Waals surface area contributed by atoms with E-state index in [1.807, 2.05) is 48.9 Å². The fourth-order valence-electron chi connectivity index (χ4n) is 2.75. The average molecular weight is 446 g/mol. The number of aryl methyl sites for hydroxylation is 1. The Labute approximate surface area is 184 Å². The molecule has 0 aliphatic rings. The maximum atomic E-state index is 12.3. The molecule has 2 aromatic carbocycles. The summed E-state index contributed by atoms with van der Waals surface area (Å²) < 4.78 is 43.5. The van der Waals surface area contributed by atoms with Crippen molar-refractivity contribution in [2.75, 3.05) is 6.61 Å². The third kappa shape index (κ3) is 7.29. The van der Waals surface area contributed by atoms with E-state index in [1.165, 1.54) is 12.1 Å². The summed E-state index contributed by atoms with van der Waals surface area (Å²) in [6, 6.07) is 16.3. The van der Waals surface area contributed by atoms with Crippen molar-refractivity contribution in [2.24, 2.45) is 12.0 Å². The average Bonchev–Trinajstić information content (AvgIpc) is 3.10. The predicted molar refractivity (Wildman–Crippen MR) is 115 cm³/mol. The van der Waals surface area contributed by atoms with Gasteiger partial charge in [-0.2, -0.15) is 13.2 Å². The zero-order valence-corrected chi connectivity index (χ0v) is 17.9. The third-order valence-corrected chi connectivity index (χ3v) is 4.65. The highest BCUT2D eigenvalue weighted by molar-refractivity contribution is 5.79. The van der Waals surface area contributed by atoms with Gasteiger partial charge in [-0.15, -0.1) is 10.2 Å². The van der Waals surface area contributed by atoms with Crippen molar-refractivity contribution in [3.8, 4) is 5.75 Å². The number of hydrogen-bond acceptors (Lipinski definition) is 4. The molecule has 3 aromatic rings. The third-order valence-electron chi connectivity index (χ3n) is 4.65. The number of halogens is 3. The van der Waals surface area contributed by atoms with Crippen LogP contribution in [-0.2, 0) is 26.7 Å². The van der Waals surface area contributed by atoms with Crippen LogP contribution in [0.3, 0.4) is 0 Å². The minimum atomic E-state index is -4.36. The molecule has 1 aromatic heterocycles. The summed E-state index contributed by atoms with van der Waals surface area (Å²) in [5, 5.41) is 14.7. The summed E-state index contributed by atoms with van der Waals surface area (Å²) >= 11 is 0. The first kappa shape index (κ1) is 23.1. The zero-order chi connectivity index (χ0) is 23.0. The molecule has 32 heavy (non-hydrogen) atoms. The largest absolute Gasteiger partial charge is 0.484 e. The van der Waals surface area contributed by atoms with Crippen molar-refractivity contribution >= 4 is 5.96 Å². The molecule has 0 saturated carbocycles. The van der Waals surface area contributed by atoms with Gasteiger partial charge in [-0.05, 0) is 30.2 Å². The smallest absolute Gasteiger partial charge is 0.422 e. The second kappa shape index (κ2) is 10.7. The number of nitrogens with one attached hydrogen (secondary N) is 2. The minimum absolute atomic E-state index is 0.167. The first-order valence-electron chi connectivity index (χ1n) is 9.99. The van der Waals surface area contributed by atoms with Crippen LogP contribution in [0.1, 0.15) is 22.8 Å². The number of ether oxygens (including phenoxy) is 1. The molecule has 0 aliphatic heterocycles. The molecule has 0 aliphatic carbocycles. The predicted octanol–water partition coefficient (Wildman–Crippen LogP) is 3.50. The summed E-state index contributed by atoms with van der Waals surface area (Å²) in [6.07, 6.45) is -4.36. The van der Waals surface area contributed by atoms with Gasteiger partial charge >= 0.3 is 6.18 Å². The van der Waals surface area contributed by atoms with Gasteiger partial charge in [0.25, 0.3) is 0 Å². The van der Waals surface area contributed by atoms with Crippen LogP contribution in [0.4, 0.5) is 13.2 Å². The fourth-order valence-corrected chi connectivity index (χ4v) is 2.75. The number of aliphatic imine (C=N–C) groups is 1. The summed E-state index contributed by atoms with van der Waals surface area (Å²) in [5.41, 5.74) is 1.93. The molecule has 170 valence electrons. The van der Waals surface area contributed by atoms with E-state index in [4.69, 9.17) is 4.74 Å². The highest BCUT2D eigenvalue weighted by Gasteiger charge is 2.28. The lowest BCUT2D eigenvalue weighted by molar-refractivity contribution is -0.153. The van der Waals surface area contributed by atoms with Crippen molar-refractivity contribution in [1.29, 1.82) is 0 Å². The van der Waals surface area contributed by atoms with Crippen LogP contribution in [0.2, 0.25) is 0 Å². The summed E-state index contributed by atoms with van der Waals surface area (Å²) in [6.45, 7) is 1.91. The molecular weight excluding hydrogens is 421 g/mol. The van der Waals surface area contributed by atoms with Gasteiger partial charge < -0.3 is 19.9 Å². The van der Waals surface area contributed by atoms with Crippen LogP contribution in [0.5, 0.6) is 5.75 Å². The summed E-state index contributed by atoms with van der Waals surface area (Å²) in [7, 11) is 1.89. The Bertz CT molecular complexity index is 1020. The molecule has 10 heteroatoms. The molecule has 0 radical (unpaired) electrons. The van der Waals surface area contributed by atoms with Gasteiger partial charge in [-0.1, -0.05) is 42.5 Å². The number of alkyl halides is 3. The van der Waals surface area contributed by atoms with Gasteiger partial charge in [0.05, 0.1) is 13.1 Å². The Hall–Kier alpha value is -3.56. The lowest BCUT2D eigenvalue weighted by atomic mass is 10.2. The highest BCUT2D eigenvalue weighted by atomic mass is 19.4. The number of aromatic nitrogens is 3. The standard InChI is InChI=1S/C22H25F3N6O/c1-16-29-30-20(31(16)2)14-28-21(26-12-17-6-4-3-5-7-17)27-13-18-8-10-19(11-9-18)32-15-22(23,24)25/h3-11H,12-15H2,1-2H3,(H2,26,27,28). The minimum Gasteiger partial charge on any atom is -0.484 e. The van der Waals surface area contributed by atoms with Gasteiger partial charge in [0.1, 0.15) is 11.6 Å². The van der Waals surface area contributed by atoms with Crippen LogP contribution < -0.4 is 15.4 Å². The van der Waals surface area contributed by atoms with E-state index in [1.54, 1.807) is 12.1 Å². The maximum absolute atomic E-state index is 12.3. The van der Waals surface area contributed by atoms with Crippen molar-refractivity contribution in [2.45, 2.75) is 32.7 Å². The van der Waals surface area contributed by atoms with Gasteiger partial charge in [-0.25, -0.2) is 4.99 Å². The molecule has 0 fully saturated rings. The molecular formula is C22H25F3N6O. The van der Waals surface area contributed by atoms with Crippen LogP contribution in [0, 0.1) is 6.92 Å². The first-order chi connectivity index (χ1) is 15.3. The summed E-state index contributed by atoms with van der Waals surface area (Å²) in [4.78, 5) is 4.62. The van der Waals surface area contributed by atoms with E-state index >= 15 is 0 Å². The molecule has 3 rings (SSSR count). The van der Waals surface area contributed by atoms with Crippen molar-refractivity contribution < 1.29 is 17.9 Å². The Morgan fingerprint density at radius 1 is 0.969 bits per heavy atom. The Balaban J connectivity index is 1.61. The fraction of sp³-hybridized carbons (Fsp3) is 0.318. The molecule has 0 spiro atoms. The number of guanidine groups is 1. The molecule has 0 atom stereocenters. The van der Waals surface area contributed by atoms with Gasteiger partial charge in [-0.3, -0.25) is 0 Å². The van der Waals surface area contributed by atoms with E-state index in [2.05, 4.69) is 25.8 Å². The topological polar surface area (TPSA) is 76.4 Å². The Morgan fingerprint density at radius 2 is 1.66 bits per heavy atom. The van der Waals surface area contributed by atoms with Gasteiger partial charge in [0, 0.05) is 13.6 Å². The Morgan fingerprint density at radius 3 is 2.28 bits per heavy atom. The number of rotatable bonds is 8. The van der Waals surface area contributed by atoms with Gasteiger partial charge in [0.2, 0.25) is 0 Å². The van der Waals surface area contributed by atoms with Crippen LogP contribution >= 0.6 is 0 Å². The lowest BCUT2D eigenvalue weighted by Gasteiger charge is -2.13. The molecule has 7 nitrogen and oxygen atoms in total. The quantitative estimate of drug-likeness (QED) is 0.409. The number of hydrogen-bond donors (Lipinski definition) is 2. The first-order valence-corrected chi connectivity index (χ1v) is 9.99. The second-order valence-corrected chi connectivity index (χ2v) is 7.13. The molecule has 0 bridgehead atoms. The SMILES string of the molecule is Cc1nnc(CNC(=NCc2ccccc2)NCc2ccc(OCC(F)(F)F)cc2)n1C. The molecule has 0 unspecified atom stereocenters. The second-order valence-electron chi connectivity index (χ2n) is 7.13. The highest BCUT2D eigenvalue weighted by Crippen LogP contribution is 2.18. The monoisotopic (exact) mass is 446 g/mol. The summed E-state index contributed by atoms with van der Waals surface area (Å²) in [5.74, 6) is 2.32. The van der Waals surface area contributed by atoms with Gasteiger partial charge in [0.15, 0.2) is 18.4 Å². The van der Waals surface area contributed by atoms with Crippen LogP contribution in [-0.4, -0.2) is 33.5 Å². The van der Waals surface area contributed by atoms with Crippen molar-refractivity contribution in [1.82, 2.24) is 25.4 Å². The van der Waals surface area contributed by atoms with E-state index in [-0.39, 0.29) is 5.75 Å². The van der Waals surface area contributed by atoms with Crippen molar-refractivity contribution in [3.05, 3.63) is 77.4 Å². The number of benzene rings is 2. The van der Waals surface area contributed by atoms with E-state index in [0.717, 1.165) is 22.8 Å². The van der Waals surface area contributed by atoms with Crippen LogP contribution in [0.15, 0.2) is 59.6 Å².